The van der Waals surface area contributed by atoms with E-state index in [1.165, 1.54) is 5.57 Å². The summed E-state index contributed by atoms with van der Waals surface area (Å²) in [5.74, 6) is 1.46. The molecule has 12 heavy (non-hydrogen) atoms. The Balaban J connectivity index is 2.72. The molecule has 0 saturated heterocycles. The highest BCUT2D eigenvalue weighted by Crippen LogP contribution is 2.63. The zero-order valence-corrected chi connectivity index (χ0v) is 9.66. The normalized spacial score (nSPS) is 34.9. The zero-order valence-electron chi connectivity index (χ0n) is 8.85. The molecule has 1 aliphatic rings. The number of thioether (sulfide) groups is 1. The van der Waals surface area contributed by atoms with Gasteiger partial charge in [-0.15, -0.1) is 11.8 Å². The maximum Gasteiger partial charge on any atom is 0.0457 e. The molecule has 2 atom stereocenters. The van der Waals surface area contributed by atoms with Gasteiger partial charge in [-0.25, -0.2) is 0 Å². The third-order valence-corrected chi connectivity index (χ3v) is 4.82. The lowest BCUT2D eigenvalue weighted by Crippen LogP contribution is -2.18. The van der Waals surface area contributed by atoms with Gasteiger partial charge in [-0.1, -0.05) is 46.8 Å². The summed E-state index contributed by atoms with van der Waals surface area (Å²) in [5, 5.41) is 0.717. The van der Waals surface area contributed by atoms with Crippen LogP contribution in [0.1, 0.15) is 34.6 Å². The van der Waals surface area contributed by atoms with Crippen LogP contribution in [0.5, 0.6) is 0 Å². The van der Waals surface area contributed by atoms with Crippen molar-refractivity contribution in [3.05, 3.63) is 12.2 Å². The standard InChI is InChI=1S/C11H20S/c1-7(2)11(12-8(3)4)9(5)10(11)6/h7-8,10H,5H2,1-4,6H3/t10-,11?/m1/s1. The van der Waals surface area contributed by atoms with Crippen molar-refractivity contribution in [2.75, 3.05) is 0 Å². The minimum atomic E-state index is 0.411. The lowest BCUT2D eigenvalue weighted by atomic mass is 10.1. The van der Waals surface area contributed by atoms with Crippen LogP contribution >= 0.6 is 11.8 Å². The second-order valence-corrected chi connectivity index (χ2v) is 6.22. The average Bonchev–Trinajstić information content (AvgIpc) is 2.41. The molecule has 0 N–H and O–H groups in total. The van der Waals surface area contributed by atoms with E-state index >= 15 is 0 Å². The molecule has 0 radical (unpaired) electrons. The van der Waals surface area contributed by atoms with Gasteiger partial charge in [0.1, 0.15) is 0 Å². The molecule has 0 spiro atoms. The van der Waals surface area contributed by atoms with Crippen LogP contribution in [-0.2, 0) is 0 Å². The van der Waals surface area contributed by atoms with E-state index in [0.717, 1.165) is 11.8 Å². The van der Waals surface area contributed by atoms with Gasteiger partial charge in [-0.3, -0.25) is 0 Å². The average molecular weight is 184 g/mol. The Bertz CT molecular complexity index is 193. The molecule has 0 nitrogen and oxygen atoms in total. The maximum atomic E-state index is 4.15. The van der Waals surface area contributed by atoms with E-state index in [1.54, 1.807) is 0 Å². The van der Waals surface area contributed by atoms with Gasteiger partial charge in [0, 0.05) is 4.75 Å². The van der Waals surface area contributed by atoms with Gasteiger partial charge in [-0.05, 0) is 17.1 Å². The van der Waals surface area contributed by atoms with Gasteiger partial charge in [-0.2, -0.15) is 0 Å². The molecule has 0 aliphatic heterocycles. The van der Waals surface area contributed by atoms with Crippen molar-refractivity contribution in [3.8, 4) is 0 Å². The van der Waals surface area contributed by atoms with E-state index in [1.807, 2.05) is 0 Å². The summed E-state index contributed by atoms with van der Waals surface area (Å²) in [6.07, 6.45) is 0. The minimum absolute atomic E-state index is 0.411. The SMILES string of the molecule is C=C1[C@@H](C)C1(SC(C)C)C(C)C. The summed E-state index contributed by atoms with van der Waals surface area (Å²) < 4.78 is 0.411. The molecule has 1 fully saturated rings. The summed E-state index contributed by atoms with van der Waals surface area (Å²) in [6, 6.07) is 0. The van der Waals surface area contributed by atoms with Crippen LogP contribution in [0.4, 0.5) is 0 Å². The first-order valence-corrected chi connectivity index (χ1v) is 5.68. The molecule has 1 aliphatic carbocycles. The first-order chi connectivity index (χ1) is 5.43. The van der Waals surface area contributed by atoms with E-state index in [-0.39, 0.29) is 0 Å². The Labute approximate surface area is 80.8 Å². The summed E-state index contributed by atoms with van der Waals surface area (Å²) in [5.41, 5.74) is 1.45. The largest absolute Gasteiger partial charge is 0.147 e. The van der Waals surface area contributed by atoms with Crippen LogP contribution in [0.25, 0.3) is 0 Å². The highest BCUT2D eigenvalue weighted by Gasteiger charge is 2.58. The Kier molecular flexibility index (Phi) is 2.63. The van der Waals surface area contributed by atoms with Crippen LogP contribution in [0.3, 0.4) is 0 Å². The molecule has 0 aromatic heterocycles. The molecule has 0 aromatic rings. The highest BCUT2D eigenvalue weighted by molar-refractivity contribution is 8.01. The van der Waals surface area contributed by atoms with Crippen LogP contribution in [-0.4, -0.2) is 10.00 Å². The summed E-state index contributed by atoms with van der Waals surface area (Å²) in [7, 11) is 0. The monoisotopic (exact) mass is 184 g/mol. The fourth-order valence-corrected chi connectivity index (χ4v) is 3.79. The van der Waals surface area contributed by atoms with Gasteiger partial charge in [0.25, 0.3) is 0 Å². The van der Waals surface area contributed by atoms with E-state index < -0.39 is 0 Å². The molecule has 70 valence electrons. The van der Waals surface area contributed by atoms with Crippen molar-refractivity contribution in [1.29, 1.82) is 0 Å². The first kappa shape index (κ1) is 10.2. The van der Waals surface area contributed by atoms with E-state index in [4.69, 9.17) is 0 Å². The fourth-order valence-electron chi connectivity index (χ4n) is 2.13. The Hall–Kier alpha value is 0.0900. The van der Waals surface area contributed by atoms with Crippen LogP contribution < -0.4 is 0 Å². The van der Waals surface area contributed by atoms with Crippen molar-refractivity contribution in [1.82, 2.24) is 0 Å². The third-order valence-electron chi connectivity index (χ3n) is 2.87. The van der Waals surface area contributed by atoms with E-state index in [9.17, 15) is 0 Å². The smallest absolute Gasteiger partial charge is 0.0457 e. The van der Waals surface area contributed by atoms with Crippen LogP contribution in [0.15, 0.2) is 12.2 Å². The van der Waals surface area contributed by atoms with E-state index in [0.29, 0.717) is 10.00 Å². The van der Waals surface area contributed by atoms with Crippen molar-refractivity contribution in [2.24, 2.45) is 11.8 Å². The first-order valence-electron chi connectivity index (χ1n) is 4.80. The minimum Gasteiger partial charge on any atom is -0.147 e. The Morgan fingerprint density at radius 1 is 1.33 bits per heavy atom. The second-order valence-electron chi connectivity index (χ2n) is 4.36. The second kappa shape index (κ2) is 3.10. The third kappa shape index (κ3) is 1.32. The Morgan fingerprint density at radius 3 is 1.83 bits per heavy atom. The van der Waals surface area contributed by atoms with Crippen molar-refractivity contribution >= 4 is 11.8 Å². The lowest BCUT2D eigenvalue weighted by Gasteiger charge is -2.22. The molecular weight excluding hydrogens is 164 g/mol. The molecular formula is C11H20S. The fraction of sp³-hybridized carbons (Fsp3) is 0.818. The Morgan fingerprint density at radius 2 is 1.75 bits per heavy atom. The quantitative estimate of drug-likeness (QED) is 0.602. The number of hydrogen-bond acceptors (Lipinski definition) is 1. The predicted octanol–water partition coefficient (Wildman–Crippen LogP) is 3.73. The number of hydrogen-bond donors (Lipinski definition) is 0. The molecule has 1 rings (SSSR count). The summed E-state index contributed by atoms with van der Waals surface area (Å²) >= 11 is 2.09. The zero-order chi connectivity index (χ0) is 9.52. The van der Waals surface area contributed by atoms with Gasteiger partial charge in [0.15, 0.2) is 0 Å². The predicted molar refractivity (Wildman–Crippen MR) is 58.6 cm³/mol. The molecule has 1 unspecified atom stereocenters. The number of rotatable bonds is 3. The van der Waals surface area contributed by atoms with Crippen LogP contribution in [0, 0.1) is 11.8 Å². The molecule has 0 heterocycles. The topological polar surface area (TPSA) is 0 Å². The van der Waals surface area contributed by atoms with Gasteiger partial charge in [0.05, 0.1) is 0 Å². The van der Waals surface area contributed by atoms with Crippen molar-refractivity contribution in [3.63, 3.8) is 0 Å². The maximum absolute atomic E-state index is 4.15. The van der Waals surface area contributed by atoms with E-state index in [2.05, 4.69) is 53.0 Å². The van der Waals surface area contributed by atoms with Gasteiger partial charge < -0.3 is 0 Å². The highest BCUT2D eigenvalue weighted by atomic mass is 32.2. The van der Waals surface area contributed by atoms with Crippen molar-refractivity contribution < 1.29 is 0 Å². The molecule has 0 aromatic carbocycles. The molecule has 0 bridgehead atoms. The van der Waals surface area contributed by atoms with Gasteiger partial charge >= 0.3 is 0 Å². The van der Waals surface area contributed by atoms with Gasteiger partial charge in [0.2, 0.25) is 0 Å². The molecule has 1 saturated carbocycles. The van der Waals surface area contributed by atoms with Crippen molar-refractivity contribution in [2.45, 2.75) is 44.6 Å². The summed E-state index contributed by atoms with van der Waals surface area (Å²) in [4.78, 5) is 0. The molecule has 0 amide bonds. The van der Waals surface area contributed by atoms with Crippen LogP contribution in [0.2, 0.25) is 0 Å². The summed E-state index contributed by atoms with van der Waals surface area (Å²) in [6.45, 7) is 15.6. The lowest BCUT2D eigenvalue weighted by molar-refractivity contribution is 0.575. The molecule has 1 heteroatoms.